The topological polar surface area (TPSA) is 69.7 Å². The van der Waals surface area contributed by atoms with Gasteiger partial charge in [0.15, 0.2) is 0 Å². The molecule has 0 aliphatic rings. The molecule has 5 heteroatoms. The van der Waals surface area contributed by atoms with Crippen molar-refractivity contribution in [1.82, 2.24) is 0 Å². The lowest BCUT2D eigenvalue weighted by Crippen LogP contribution is -2.24. The Balaban J connectivity index is 1.73. The van der Waals surface area contributed by atoms with Gasteiger partial charge in [-0.05, 0) is 54.7 Å². The lowest BCUT2D eigenvalue weighted by atomic mass is 10.1. The van der Waals surface area contributed by atoms with Gasteiger partial charge >= 0.3 is 17.9 Å². The molecule has 0 N–H and O–H groups in total. The number of carbonyl (C=O) groups excluding carboxylic acids is 3. The summed E-state index contributed by atoms with van der Waals surface area (Å²) in [6.07, 6.45) is 3.62. The average molecular weight is 459 g/mol. The van der Waals surface area contributed by atoms with E-state index >= 15 is 0 Å². The van der Waals surface area contributed by atoms with Crippen LogP contribution in [0.25, 0.3) is 0 Å². The van der Waals surface area contributed by atoms with Gasteiger partial charge in [-0.15, -0.1) is 0 Å². The van der Waals surface area contributed by atoms with E-state index in [-0.39, 0.29) is 5.56 Å². The lowest BCUT2D eigenvalue weighted by Gasteiger charge is -2.17. The number of rotatable bonds is 10. The molecule has 1 atom stereocenters. The van der Waals surface area contributed by atoms with Gasteiger partial charge in [-0.25, -0.2) is 14.4 Å². The molecule has 3 rings (SSSR count). The molecule has 0 amide bonds. The maximum absolute atomic E-state index is 12.9. The van der Waals surface area contributed by atoms with E-state index in [1.165, 1.54) is 0 Å². The van der Waals surface area contributed by atoms with E-state index in [1.54, 1.807) is 54.6 Å². The molecule has 0 spiro atoms. The third kappa shape index (κ3) is 6.88. The van der Waals surface area contributed by atoms with Crippen molar-refractivity contribution < 1.29 is 23.9 Å². The first-order valence-corrected chi connectivity index (χ1v) is 11.7. The monoisotopic (exact) mass is 458 g/mol. The number of hydrogen-bond donors (Lipinski definition) is 0. The van der Waals surface area contributed by atoms with Crippen molar-refractivity contribution in [3.8, 4) is 0 Å². The molecule has 0 heterocycles. The number of unbranched alkanes of at least 4 members (excludes halogenated alkanes) is 1. The highest BCUT2D eigenvalue weighted by Crippen LogP contribution is 2.22. The van der Waals surface area contributed by atoms with E-state index in [1.807, 2.05) is 24.3 Å². The van der Waals surface area contributed by atoms with Crippen LogP contribution in [0.2, 0.25) is 0 Å². The summed E-state index contributed by atoms with van der Waals surface area (Å²) in [6, 6.07) is 22.6. The van der Waals surface area contributed by atoms with Crippen molar-refractivity contribution in [1.29, 1.82) is 0 Å². The molecule has 1 unspecified atom stereocenters. The molecule has 0 saturated carbocycles. The van der Waals surface area contributed by atoms with Gasteiger partial charge < -0.3 is 9.47 Å². The maximum Gasteiger partial charge on any atom is 0.360 e. The fourth-order valence-corrected chi connectivity index (χ4v) is 3.54. The number of hydrogen-bond acceptors (Lipinski definition) is 5. The van der Waals surface area contributed by atoms with Crippen LogP contribution in [0.3, 0.4) is 0 Å². The van der Waals surface area contributed by atoms with Crippen LogP contribution in [0, 0.1) is 0 Å². The number of esters is 3. The van der Waals surface area contributed by atoms with Crippen molar-refractivity contribution in [2.75, 3.05) is 0 Å². The Kier molecular flexibility index (Phi) is 9.15. The minimum absolute atomic E-state index is 0.262. The highest BCUT2D eigenvalue weighted by molar-refractivity contribution is 5.99. The molecule has 3 aromatic carbocycles. The van der Waals surface area contributed by atoms with Gasteiger partial charge in [-0.1, -0.05) is 81.3 Å². The zero-order valence-corrected chi connectivity index (χ0v) is 19.7. The van der Waals surface area contributed by atoms with E-state index in [2.05, 4.69) is 13.8 Å². The zero-order chi connectivity index (χ0) is 24.3. The summed E-state index contributed by atoms with van der Waals surface area (Å²) in [7, 11) is 0. The molecule has 0 aliphatic carbocycles. The van der Waals surface area contributed by atoms with Gasteiger partial charge in [0.2, 0.25) is 6.10 Å². The Hall–Kier alpha value is -3.73. The number of benzene rings is 3. The predicted molar refractivity (Wildman–Crippen MR) is 131 cm³/mol. The highest BCUT2D eigenvalue weighted by Gasteiger charge is 2.29. The summed E-state index contributed by atoms with van der Waals surface area (Å²) >= 11 is 0. The quantitative estimate of drug-likeness (QED) is 0.265. The second-order valence-corrected chi connectivity index (χ2v) is 8.15. The standard InChI is InChI=1S/C29H30O5/c1-3-5-10-22-15-19-25(20-16-22)28(31)34-29(32)26(23-11-7-6-8-12-23)33-27(30)24-17-13-21(9-4-2)14-18-24/h6-8,11-20,26H,3-5,9-10H2,1-2H3. The molecule has 0 saturated heterocycles. The first-order chi connectivity index (χ1) is 16.5. The molecule has 0 aromatic heterocycles. The highest BCUT2D eigenvalue weighted by atomic mass is 16.6. The Morgan fingerprint density at radius 2 is 1.24 bits per heavy atom. The molecular formula is C29H30O5. The first kappa shape index (κ1) is 24.9. The van der Waals surface area contributed by atoms with Crippen LogP contribution >= 0.6 is 0 Å². The normalized spacial score (nSPS) is 11.5. The molecule has 0 bridgehead atoms. The van der Waals surface area contributed by atoms with E-state index in [4.69, 9.17) is 9.47 Å². The number of aryl methyl sites for hydroxylation is 2. The Morgan fingerprint density at radius 3 is 1.79 bits per heavy atom. The second kappa shape index (κ2) is 12.5. The van der Waals surface area contributed by atoms with Crippen molar-refractivity contribution in [3.63, 3.8) is 0 Å². The minimum Gasteiger partial charge on any atom is -0.442 e. The van der Waals surface area contributed by atoms with Crippen molar-refractivity contribution in [2.45, 2.75) is 52.1 Å². The van der Waals surface area contributed by atoms with Crippen LogP contribution in [-0.2, 0) is 27.1 Å². The van der Waals surface area contributed by atoms with Gasteiger partial charge in [0.05, 0.1) is 11.1 Å². The van der Waals surface area contributed by atoms with Gasteiger partial charge in [-0.2, -0.15) is 0 Å². The summed E-state index contributed by atoms with van der Waals surface area (Å²) in [4.78, 5) is 38.3. The van der Waals surface area contributed by atoms with Crippen LogP contribution in [0.1, 0.15) is 76.6 Å². The SMILES string of the molecule is CCCCc1ccc(C(=O)OC(=O)C(OC(=O)c2ccc(CCC)cc2)c2ccccc2)cc1. The Labute approximate surface area is 200 Å². The molecular weight excluding hydrogens is 428 g/mol. The second-order valence-electron chi connectivity index (χ2n) is 8.15. The van der Waals surface area contributed by atoms with Gasteiger partial charge in [0.1, 0.15) is 0 Å². The van der Waals surface area contributed by atoms with Crippen LogP contribution in [0.5, 0.6) is 0 Å². The molecule has 0 fully saturated rings. The fourth-order valence-electron chi connectivity index (χ4n) is 3.54. The summed E-state index contributed by atoms with van der Waals surface area (Å²) < 4.78 is 10.6. The Bertz CT molecular complexity index is 1090. The molecule has 176 valence electrons. The van der Waals surface area contributed by atoms with E-state index in [0.29, 0.717) is 11.1 Å². The summed E-state index contributed by atoms with van der Waals surface area (Å²) in [6.45, 7) is 4.20. The molecule has 5 nitrogen and oxygen atoms in total. The van der Waals surface area contributed by atoms with Crippen molar-refractivity contribution in [2.24, 2.45) is 0 Å². The largest absolute Gasteiger partial charge is 0.442 e. The molecule has 0 radical (unpaired) electrons. The fraction of sp³-hybridized carbons (Fsp3) is 0.276. The smallest absolute Gasteiger partial charge is 0.360 e. The van der Waals surface area contributed by atoms with Crippen LogP contribution in [0.15, 0.2) is 78.9 Å². The summed E-state index contributed by atoms with van der Waals surface area (Å²) in [5.41, 5.74) is 3.24. The maximum atomic E-state index is 12.9. The van der Waals surface area contributed by atoms with E-state index in [0.717, 1.165) is 43.2 Å². The average Bonchev–Trinajstić information content (AvgIpc) is 2.87. The van der Waals surface area contributed by atoms with Gasteiger partial charge in [0.25, 0.3) is 0 Å². The molecule has 0 aliphatic heterocycles. The number of ether oxygens (including phenoxy) is 2. The Morgan fingerprint density at radius 1 is 0.676 bits per heavy atom. The first-order valence-electron chi connectivity index (χ1n) is 11.7. The molecule has 3 aromatic rings. The minimum atomic E-state index is -1.36. The van der Waals surface area contributed by atoms with Crippen molar-refractivity contribution in [3.05, 3.63) is 107 Å². The van der Waals surface area contributed by atoms with Gasteiger partial charge in [0, 0.05) is 5.56 Å². The predicted octanol–water partition coefficient (Wildman–Crippen LogP) is 6.26. The molecule has 34 heavy (non-hydrogen) atoms. The number of carbonyl (C=O) groups is 3. The van der Waals surface area contributed by atoms with E-state index < -0.39 is 24.0 Å². The van der Waals surface area contributed by atoms with Gasteiger partial charge in [-0.3, -0.25) is 0 Å². The third-order valence-electron chi connectivity index (χ3n) is 5.47. The van der Waals surface area contributed by atoms with Crippen molar-refractivity contribution >= 4 is 17.9 Å². The van der Waals surface area contributed by atoms with Crippen LogP contribution in [-0.4, -0.2) is 17.9 Å². The summed E-state index contributed by atoms with van der Waals surface area (Å²) in [5, 5.41) is 0. The zero-order valence-electron chi connectivity index (χ0n) is 19.7. The third-order valence-corrected chi connectivity index (χ3v) is 5.47. The summed E-state index contributed by atoms with van der Waals surface area (Å²) in [5.74, 6) is -2.39. The van der Waals surface area contributed by atoms with Crippen LogP contribution in [0.4, 0.5) is 0 Å². The van der Waals surface area contributed by atoms with E-state index in [9.17, 15) is 14.4 Å². The lowest BCUT2D eigenvalue weighted by molar-refractivity contribution is -0.148. The van der Waals surface area contributed by atoms with Crippen LogP contribution < -0.4 is 0 Å².